The van der Waals surface area contributed by atoms with Crippen LogP contribution < -0.4 is 0 Å². The lowest BCUT2D eigenvalue weighted by molar-refractivity contribution is 0.104. The minimum Gasteiger partial charge on any atom is -0.289 e. The molecule has 5 aromatic carbocycles. The molecule has 0 unspecified atom stereocenters. The highest BCUT2D eigenvalue weighted by atomic mass is 16.1. The van der Waals surface area contributed by atoms with E-state index in [1.165, 1.54) is 44.5 Å². The second-order valence-electron chi connectivity index (χ2n) is 9.26. The summed E-state index contributed by atoms with van der Waals surface area (Å²) in [6.07, 6.45) is 3.57. The van der Waals surface area contributed by atoms with E-state index in [0.717, 1.165) is 5.56 Å². The van der Waals surface area contributed by atoms with E-state index < -0.39 is 5.41 Å². The third kappa shape index (κ3) is 2.73. The molecule has 0 saturated carbocycles. The topological polar surface area (TPSA) is 17.1 Å². The Hall–Kier alpha value is -4.49. The normalized spacial score (nSPS) is 13.9. The van der Waals surface area contributed by atoms with Gasteiger partial charge >= 0.3 is 0 Å². The molecule has 0 fully saturated rings. The van der Waals surface area contributed by atoms with Crippen LogP contribution in [-0.2, 0) is 5.41 Å². The van der Waals surface area contributed by atoms with Gasteiger partial charge in [0.15, 0.2) is 5.78 Å². The Kier molecular flexibility index (Phi) is 4.28. The van der Waals surface area contributed by atoms with Gasteiger partial charge in [-0.15, -0.1) is 0 Å². The van der Waals surface area contributed by atoms with Crippen molar-refractivity contribution in [1.82, 2.24) is 0 Å². The van der Waals surface area contributed by atoms with Crippen molar-refractivity contribution in [3.05, 3.63) is 161 Å². The highest BCUT2D eigenvalue weighted by Crippen LogP contribution is 2.62. The fourth-order valence-corrected chi connectivity index (χ4v) is 6.08. The molecular weight excluding hydrogens is 424 g/mol. The van der Waals surface area contributed by atoms with Gasteiger partial charge in [-0.25, -0.2) is 0 Å². The first-order valence-electron chi connectivity index (χ1n) is 12.0. The lowest BCUT2D eigenvalue weighted by Crippen LogP contribution is -2.26. The summed E-state index contributed by atoms with van der Waals surface area (Å²) < 4.78 is 0. The van der Waals surface area contributed by atoms with E-state index in [-0.39, 0.29) is 5.78 Å². The molecule has 2 aliphatic carbocycles. The molecule has 2 aliphatic rings. The maximum atomic E-state index is 13.3. The Bertz CT molecular complexity index is 1590. The van der Waals surface area contributed by atoms with Crippen molar-refractivity contribution >= 4 is 11.9 Å². The summed E-state index contributed by atoms with van der Waals surface area (Å²) in [5.41, 5.74) is 11.4. The minimum absolute atomic E-state index is 0.0160. The maximum absolute atomic E-state index is 13.3. The minimum atomic E-state index is -0.418. The van der Waals surface area contributed by atoms with Crippen molar-refractivity contribution in [2.24, 2.45) is 0 Å². The first-order chi connectivity index (χ1) is 17.3. The molecule has 0 saturated heterocycles. The molecule has 0 aromatic heterocycles. The van der Waals surface area contributed by atoms with Crippen LogP contribution in [0.3, 0.4) is 0 Å². The third-order valence-corrected chi connectivity index (χ3v) is 7.51. The lowest BCUT2D eigenvalue weighted by atomic mass is 9.70. The Labute approximate surface area is 205 Å². The molecule has 35 heavy (non-hydrogen) atoms. The van der Waals surface area contributed by atoms with Crippen LogP contribution in [0.2, 0.25) is 0 Å². The number of carbonyl (C=O) groups excluding carboxylic acids is 1. The summed E-state index contributed by atoms with van der Waals surface area (Å²) in [4.78, 5) is 13.3. The van der Waals surface area contributed by atoms with Crippen LogP contribution in [0, 0.1) is 0 Å². The molecule has 0 aliphatic heterocycles. The summed E-state index contributed by atoms with van der Waals surface area (Å²) in [5, 5.41) is 0. The highest BCUT2D eigenvalue weighted by molar-refractivity contribution is 6.08. The van der Waals surface area contributed by atoms with Crippen molar-refractivity contribution in [2.45, 2.75) is 5.41 Å². The van der Waals surface area contributed by atoms with E-state index in [4.69, 9.17) is 0 Å². The average Bonchev–Trinajstić information content (AvgIpc) is 3.39. The van der Waals surface area contributed by atoms with E-state index in [1.54, 1.807) is 6.08 Å². The average molecular weight is 447 g/mol. The monoisotopic (exact) mass is 446 g/mol. The van der Waals surface area contributed by atoms with Crippen LogP contribution in [0.25, 0.3) is 28.3 Å². The van der Waals surface area contributed by atoms with E-state index in [9.17, 15) is 4.79 Å². The summed E-state index contributed by atoms with van der Waals surface area (Å²) in [7, 11) is 0. The van der Waals surface area contributed by atoms with Crippen LogP contribution in [-0.4, -0.2) is 5.78 Å². The van der Waals surface area contributed by atoms with Crippen LogP contribution in [0.15, 0.2) is 127 Å². The van der Waals surface area contributed by atoms with Gasteiger partial charge in [0.05, 0.1) is 5.41 Å². The number of hydrogen-bond donors (Lipinski definition) is 0. The fourth-order valence-electron chi connectivity index (χ4n) is 6.08. The molecule has 164 valence electrons. The molecule has 5 aromatic rings. The summed E-state index contributed by atoms with van der Waals surface area (Å²) >= 11 is 0. The van der Waals surface area contributed by atoms with Crippen LogP contribution >= 0.6 is 0 Å². The summed E-state index contributed by atoms with van der Waals surface area (Å²) in [6, 6.07) is 42.3. The van der Waals surface area contributed by atoms with Crippen LogP contribution in [0.5, 0.6) is 0 Å². The van der Waals surface area contributed by atoms with E-state index in [1.807, 2.05) is 42.5 Å². The summed E-state index contributed by atoms with van der Waals surface area (Å²) in [6.45, 7) is 0. The molecule has 0 amide bonds. The lowest BCUT2D eigenvalue weighted by Gasteiger charge is -2.30. The van der Waals surface area contributed by atoms with Crippen molar-refractivity contribution in [1.29, 1.82) is 0 Å². The number of allylic oxidation sites excluding steroid dienone is 1. The molecule has 1 spiro atoms. The van der Waals surface area contributed by atoms with Crippen LogP contribution in [0.4, 0.5) is 0 Å². The van der Waals surface area contributed by atoms with E-state index in [2.05, 4.69) is 84.9 Å². The Morgan fingerprint density at radius 2 is 1.00 bits per heavy atom. The molecule has 0 bridgehead atoms. The standard InChI is InChI=1S/C34H22O/c35-33(21-18-23-10-2-1-3-11-23)24-19-20-28-27-14-6-9-17-31(27)34(32(28)22-24)29-15-7-4-12-25(29)26-13-5-8-16-30(26)34/h1-22H. The van der Waals surface area contributed by atoms with Gasteiger partial charge in [0.2, 0.25) is 0 Å². The van der Waals surface area contributed by atoms with Gasteiger partial charge in [0.25, 0.3) is 0 Å². The first kappa shape index (κ1) is 19.9. The maximum Gasteiger partial charge on any atom is 0.185 e. The molecule has 1 heteroatoms. The Morgan fingerprint density at radius 1 is 0.514 bits per heavy atom. The van der Waals surface area contributed by atoms with Gasteiger partial charge in [-0.3, -0.25) is 4.79 Å². The molecule has 0 radical (unpaired) electrons. The quantitative estimate of drug-likeness (QED) is 0.199. The third-order valence-electron chi connectivity index (χ3n) is 7.51. The zero-order valence-electron chi connectivity index (χ0n) is 19.1. The molecule has 1 nitrogen and oxygen atoms in total. The zero-order valence-corrected chi connectivity index (χ0v) is 19.1. The molecule has 7 rings (SSSR count). The van der Waals surface area contributed by atoms with Crippen molar-refractivity contribution in [3.8, 4) is 22.3 Å². The van der Waals surface area contributed by atoms with Crippen molar-refractivity contribution < 1.29 is 4.79 Å². The van der Waals surface area contributed by atoms with Crippen LogP contribution in [0.1, 0.15) is 38.2 Å². The highest BCUT2D eigenvalue weighted by Gasteiger charge is 2.51. The largest absolute Gasteiger partial charge is 0.289 e. The second-order valence-corrected chi connectivity index (χ2v) is 9.26. The van der Waals surface area contributed by atoms with Gasteiger partial charge in [-0.05, 0) is 62.2 Å². The van der Waals surface area contributed by atoms with Crippen molar-refractivity contribution in [2.75, 3.05) is 0 Å². The number of fused-ring (bicyclic) bond motifs is 10. The fraction of sp³-hybridized carbons (Fsp3) is 0.0294. The predicted octanol–water partition coefficient (Wildman–Crippen LogP) is 7.93. The molecule has 0 N–H and O–H groups in total. The number of rotatable bonds is 3. The van der Waals surface area contributed by atoms with Gasteiger partial charge in [0.1, 0.15) is 0 Å². The smallest absolute Gasteiger partial charge is 0.185 e. The second kappa shape index (κ2) is 7.51. The Balaban J connectivity index is 1.47. The van der Waals surface area contributed by atoms with Gasteiger partial charge in [-0.2, -0.15) is 0 Å². The first-order valence-corrected chi connectivity index (χ1v) is 12.0. The SMILES string of the molecule is O=C(C=Cc1ccccc1)c1ccc2c(c1)C1(c3ccccc3-c3ccccc31)c1ccccc1-2. The number of hydrogen-bond acceptors (Lipinski definition) is 1. The van der Waals surface area contributed by atoms with Gasteiger partial charge in [0, 0.05) is 5.56 Å². The Morgan fingerprint density at radius 3 is 1.57 bits per heavy atom. The number of ketones is 1. The predicted molar refractivity (Wildman–Crippen MR) is 143 cm³/mol. The van der Waals surface area contributed by atoms with Gasteiger partial charge in [-0.1, -0.05) is 121 Å². The zero-order chi connectivity index (χ0) is 23.4. The number of benzene rings is 5. The van der Waals surface area contributed by atoms with Gasteiger partial charge < -0.3 is 0 Å². The molecule has 0 atom stereocenters. The summed E-state index contributed by atoms with van der Waals surface area (Å²) in [5.74, 6) is 0.0160. The van der Waals surface area contributed by atoms with E-state index in [0.29, 0.717) is 5.56 Å². The van der Waals surface area contributed by atoms with E-state index >= 15 is 0 Å². The number of carbonyl (C=O) groups is 1. The molecule has 0 heterocycles. The van der Waals surface area contributed by atoms with Crippen molar-refractivity contribution in [3.63, 3.8) is 0 Å². The molecular formula is C34H22O.